The van der Waals surface area contributed by atoms with Gasteiger partial charge in [-0.05, 0) is 19.1 Å². The predicted octanol–water partition coefficient (Wildman–Crippen LogP) is 1.51. The fraction of sp³-hybridized carbons (Fsp3) is 0.312. The van der Waals surface area contributed by atoms with Crippen molar-refractivity contribution < 1.29 is 0 Å². The van der Waals surface area contributed by atoms with E-state index in [-0.39, 0.29) is 0 Å². The van der Waals surface area contributed by atoms with Gasteiger partial charge >= 0.3 is 0 Å². The third-order valence-corrected chi connectivity index (χ3v) is 3.90. The molecule has 1 saturated heterocycles. The summed E-state index contributed by atoms with van der Waals surface area (Å²) < 4.78 is 1.93. The molecule has 0 unspecified atom stereocenters. The maximum absolute atomic E-state index is 4.73. The number of fused-ring (bicyclic) bond motifs is 1. The number of hydrogen-bond acceptors (Lipinski definition) is 5. The van der Waals surface area contributed by atoms with Crippen LogP contribution < -0.4 is 10.2 Å². The lowest BCUT2D eigenvalue weighted by Gasteiger charge is -2.29. The zero-order valence-corrected chi connectivity index (χ0v) is 12.5. The second-order valence-electron chi connectivity index (χ2n) is 5.51. The van der Waals surface area contributed by atoms with Crippen LogP contribution in [0.15, 0.2) is 36.5 Å². The number of piperazine rings is 1. The Labute approximate surface area is 128 Å². The van der Waals surface area contributed by atoms with Crippen molar-refractivity contribution in [2.75, 3.05) is 31.1 Å². The van der Waals surface area contributed by atoms with Gasteiger partial charge in [-0.25, -0.2) is 4.98 Å². The molecule has 0 atom stereocenters. The minimum absolute atomic E-state index is 0.857. The smallest absolute Gasteiger partial charge is 0.158 e. The average Bonchev–Trinajstić information content (AvgIpc) is 2.99. The molecule has 22 heavy (non-hydrogen) atoms. The van der Waals surface area contributed by atoms with Crippen LogP contribution in [0, 0.1) is 6.92 Å². The minimum atomic E-state index is 0.857. The van der Waals surface area contributed by atoms with Gasteiger partial charge in [0.25, 0.3) is 0 Å². The molecule has 0 amide bonds. The zero-order chi connectivity index (χ0) is 14.9. The second-order valence-corrected chi connectivity index (χ2v) is 5.51. The third kappa shape index (κ3) is 2.31. The van der Waals surface area contributed by atoms with E-state index in [9.17, 15) is 0 Å². The number of nitrogens with zero attached hydrogens (tertiary/aromatic N) is 5. The van der Waals surface area contributed by atoms with E-state index in [4.69, 9.17) is 5.10 Å². The second kappa shape index (κ2) is 5.38. The first kappa shape index (κ1) is 13.2. The number of hydrogen-bond donors (Lipinski definition) is 1. The molecule has 4 heterocycles. The van der Waals surface area contributed by atoms with E-state index < -0.39 is 0 Å². The highest BCUT2D eigenvalue weighted by atomic mass is 15.4. The highest BCUT2D eigenvalue weighted by molar-refractivity contribution is 5.63. The van der Waals surface area contributed by atoms with Gasteiger partial charge in [-0.15, -0.1) is 0 Å². The summed E-state index contributed by atoms with van der Waals surface area (Å²) in [7, 11) is 0. The molecule has 6 nitrogen and oxygen atoms in total. The normalized spacial score (nSPS) is 15.4. The molecule has 4 rings (SSSR count). The summed E-state index contributed by atoms with van der Waals surface area (Å²) in [5, 5.41) is 8.11. The monoisotopic (exact) mass is 294 g/mol. The molecule has 6 heteroatoms. The van der Waals surface area contributed by atoms with Gasteiger partial charge in [0.15, 0.2) is 5.65 Å². The summed E-state index contributed by atoms with van der Waals surface area (Å²) in [6.07, 6.45) is 1.79. The van der Waals surface area contributed by atoms with Gasteiger partial charge in [-0.2, -0.15) is 9.61 Å². The molecule has 3 aromatic heterocycles. The first-order valence-corrected chi connectivity index (χ1v) is 7.56. The Morgan fingerprint density at radius 1 is 1.09 bits per heavy atom. The number of aromatic nitrogens is 4. The standard InChI is InChI=1S/C16H18N6/c1-12-10-16(21-8-6-17-7-9-21)22-15(19-12)11-14(20-22)13-4-2-3-5-18-13/h2-5,10-11,17H,6-9H2,1H3. The topological polar surface area (TPSA) is 58.4 Å². The quantitative estimate of drug-likeness (QED) is 0.776. The van der Waals surface area contributed by atoms with Gasteiger partial charge in [-0.1, -0.05) is 6.07 Å². The fourth-order valence-electron chi connectivity index (χ4n) is 2.84. The molecule has 112 valence electrons. The van der Waals surface area contributed by atoms with E-state index in [1.165, 1.54) is 0 Å². The third-order valence-electron chi connectivity index (χ3n) is 3.90. The molecule has 0 spiro atoms. The molecule has 0 saturated carbocycles. The molecule has 0 aromatic carbocycles. The van der Waals surface area contributed by atoms with Crippen LogP contribution in [0.3, 0.4) is 0 Å². The Morgan fingerprint density at radius 2 is 1.95 bits per heavy atom. The number of aryl methyl sites for hydroxylation is 1. The number of pyridine rings is 1. The lowest BCUT2D eigenvalue weighted by molar-refractivity contribution is 0.579. The summed E-state index contributed by atoms with van der Waals surface area (Å²) in [5.74, 6) is 1.10. The van der Waals surface area contributed by atoms with Crippen molar-refractivity contribution in [1.29, 1.82) is 0 Å². The molecular weight excluding hydrogens is 276 g/mol. The molecule has 3 aromatic rings. The largest absolute Gasteiger partial charge is 0.354 e. The van der Waals surface area contributed by atoms with E-state index in [1.54, 1.807) is 6.20 Å². The fourth-order valence-corrected chi connectivity index (χ4v) is 2.84. The van der Waals surface area contributed by atoms with Crippen LogP contribution in [-0.4, -0.2) is 45.8 Å². The first-order chi connectivity index (χ1) is 10.8. The van der Waals surface area contributed by atoms with Crippen molar-refractivity contribution in [2.45, 2.75) is 6.92 Å². The van der Waals surface area contributed by atoms with Gasteiger partial charge in [0, 0.05) is 50.2 Å². The Bertz CT molecular complexity index is 789. The summed E-state index contributed by atoms with van der Waals surface area (Å²) in [5.41, 5.74) is 3.61. The molecule has 0 radical (unpaired) electrons. The van der Waals surface area contributed by atoms with Crippen LogP contribution in [-0.2, 0) is 0 Å². The molecular formula is C16H18N6. The zero-order valence-electron chi connectivity index (χ0n) is 12.5. The molecule has 0 bridgehead atoms. The van der Waals surface area contributed by atoms with Gasteiger partial charge in [-0.3, -0.25) is 4.98 Å². The number of nitrogens with one attached hydrogen (secondary N) is 1. The van der Waals surface area contributed by atoms with Crippen LogP contribution in [0.1, 0.15) is 5.69 Å². The first-order valence-electron chi connectivity index (χ1n) is 7.56. The SMILES string of the molecule is Cc1cc(N2CCNCC2)n2nc(-c3ccccn3)cc2n1. The van der Waals surface area contributed by atoms with E-state index >= 15 is 0 Å². The van der Waals surface area contributed by atoms with Crippen LogP contribution in [0.4, 0.5) is 5.82 Å². The Kier molecular flexibility index (Phi) is 3.23. The van der Waals surface area contributed by atoms with Crippen LogP contribution >= 0.6 is 0 Å². The number of anilines is 1. The lowest BCUT2D eigenvalue weighted by atomic mass is 10.3. The Hall–Kier alpha value is -2.47. The van der Waals surface area contributed by atoms with Crippen molar-refractivity contribution in [3.8, 4) is 11.4 Å². The van der Waals surface area contributed by atoms with Crippen molar-refractivity contribution in [2.24, 2.45) is 0 Å². The molecule has 1 N–H and O–H groups in total. The van der Waals surface area contributed by atoms with E-state index in [2.05, 4.69) is 26.3 Å². The maximum atomic E-state index is 4.73. The summed E-state index contributed by atoms with van der Waals surface area (Å²) >= 11 is 0. The lowest BCUT2D eigenvalue weighted by Crippen LogP contribution is -2.44. The summed E-state index contributed by atoms with van der Waals surface area (Å²) in [4.78, 5) is 11.3. The van der Waals surface area contributed by atoms with E-state index in [1.807, 2.05) is 35.7 Å². The molecule has 1 fully saturated rings. The van der Waals surface area contributed by atoms with Gasteiger partial charge < -0.3 is 10.2 Å². The van der Waals surface area contributed by atoms with E-state index in [0.29, 0.717) is 0 Å². The van der Waals surface area contributed by atoms with Crippen LogP contribution in [0.25, 0.3) is 17.0 Å². The Morgan fingerprint density at radius 3 is 2.73 bits per heavy atom. The number of rotatable bonds is 2. The molecule has 1 aliphatic rings. The van der Waals surface area contributed by atoms with Crippen molar-refractivity contribution in [3.63, 3.8) is 0 Å². The molecule has 0 aliphatic carbocycles. The van der Waals surface area contributed by atoms with Gasteiger partial charge in [0.05, 0.1) is 5.69 Å². The van der Waals surface area contributed by atoms with Crippen molar-refractivity contribution >= 4 is 11.5 Å². The van der Waals surface area contributed by atoms with Gasteiger partial charge in [0.2, 0.25) is 0 Å². The van der Waals surface area contributed by atoms with Crippen molar-refractivity contribution in [1.82, 2.24) is 24.9 Å². The Balaban J connectivity index is 1.84. The van der Waals surface area contributed by atoms with Gasteiger partial charge in [0.1, 0.15) is 11.5 Å². The summed E-state index contributed by atoms with van der Waals surface area (Å²) in [6, 6.07) is 9.96. The van der Waals surface area contributed by atoms with Crippen LogP contribution in [0.5, 0.6) is 0 Å². The summed E-state index contributed by atoms with van der Waals surface area (Å²) in [6.45, 7) is 5.99. The highest BCUT2D eigenvalue weighted by Crippen LogP contribution is 2.22. The maximum Gasteiger partial charge on any atom is 0.158 e. The molecule has 1 aliphatic heterocycles. The average molecular weight is 294 g/mol. The van der Waals surface area contributed by atoms with E-state index in [0.717, 1.165) is 54.7 Å². The minimum Gasteiger partial charge on any atom is -0.354 e. The van der Waals surface area contributed by atoms with Crippen molar-refractivity contribution in [3.05, 3.63) is 42.2 Å². The highest BCUT2D eigenvalue weighted by Gasteiger charge is 2.17. The predicted molar refractivity (Wildman–Crippen MR) is 86.0 cm³/mol. The van der Waals surface area contributed by atoms with Crippen LogP contribution in [0.2, 0.25) is 0 Å².